The van der Waals surface area contributed by atoms with E-state index in [1.165, 1.54) is 12.1 Å². The molecule has 120 valence electrons. The fourth-order valence-corrected chi connectivity index (χ4v) is 3.16. The Morgan fingerprint density at radius 3 is 2.48 bits per heavy atom. The van der Waals surface area contributed by atoms with E-state index in [4.69, 9.17) is 0 Å². The quantitative estimate of drug-likeness (QED) is 0.807. The Labute approximate surface area is 129 Å². The normalized spacial score (nSPS) is 13.8. The molecule has 0 spiro atoms. The zero-order valence-corrected chi connectivity index (χ0v) is 13.8. The van der Waals surface area contributed by atoms with Crippen LogP contribution < -0.4 is 10.1 Å². The Bertz CT molecular complexity index is 590. The standard InChI is InChI=1S/C12H15BrF3NO3S/c1-3-21(18,19)7-8(2)17-9-4-5-11(10(13)6-9)20-12(14,15)16/h4-6,8,17H,3,7H2,1-2H3. The lowest BCUT2D eigenvalue weighted by Crippen LogP contribution is -2.26. The number of anilines is 1. The number of ether oxygens (including phenoxy) is 1. The van der Waals surface area contributed by atoms with Crippen LogP contribution in [0.25, 0.3) is 0 Å². The van der Waals surface area contributed by atoms with E-state index < -0.39 is 16.2 Å². The summed E-state index contributed by atoms with van der Waals surface area (Å²) in [5.41, 5.74) is 0.496. The van der Waals surface area contributed by atoms with E-state index >= 15 is 0 Å². The highest BCUT2D eigenvalue weighted by Crippen LogP contribution is 2.32. The lowest BCUT2D eigenvalue weighted by Gasteiger charge is -2.16. The van der Waals surface area contributed by atoms with Crippen LogP contribution in [0.1, 0.15) is 13.8 Å². The Balaban J connectivity index is 2.76. The van der Waals surface area contributed by atoms with Crippen molar-refractivity contribution in [2.45, 2.75) is 26.3 Å². The molecule has 0 bridgehead atoms. The van der Waals surface area contributed by atoms with Gasteiger partial charge in [-0.3, -0.25) is 0 Å². The average molecular weight is 390 g/mol. The van der Waals surface area contributed by atoms with Crippen molar-refractivity contribution in [1.82, 2.24) is 0 Å². The van der Waals surface area contributed by atoms with Gasteiger partial charge >= 0.3 is 6.36 Å². The molecule has 0 amide bonds. The minimum Gasteiger partial charge on any atom is -0.405 e. The number of benzene rings is 1. The molecule has 1 N–H and O–H groups in total. The number of hydrogen-bond acceptors (Lipinski definition) is 4. The zero-order valence-electron chi connectivity index (χ0n) is 11.4. The second kappa shape index (κ2) is 6.87. The number of halogens is 4. The fraction of sp³-hybridized carbons (Fsp3) is 0.500. The van der Waals surface area contributed by atoms with Crippen molar-refractivity contribution in [3.05, 3.63) is 22.7 Å². The first-order valence-electron chi connectivity index (χ1n) is 6.04. The molecule has 0 saturated carbocycles. The molecule has 1 rings (SSSR count). The zero-order chi connectivity index (χ0) is 16.3. The van der Waals surface area contributed by atoms with Crippen LogP contribution >= 0.6 is 15.9 Å². The first-order chi connectivity index (χ1) is 9.52. The van der Waals surface area contributed by atoms with Gasteiger partial charge in [0.2, 0.25) is 0 Å². The summed E-state index contributed by atoms with van der Waals surface area (Å²) >= 11 is 2.98. The number of sulfone groups is 1. The smallest absolute Gasteiger partial charge is 0.405 e. The molecule has 0 fully saturated rings. The van der Waals surface area contributed by atoms with E-state index in [0.717, 1.165) is 6.07 Å². The van der Waals surface area contributed by atoms with E-state index in [2.05, 4.69) is 26.0 Å². The summed E-state index contributed by atoms with van der Waals surface area (Å²) in [6, 6.07) is 3.58. The molecule has 0 aliphatic heterocycles. The monoisotopic (exact) mass is 389 g/mol. The third kappa shape index (κ3) is 6.56. The van der Waals surface area contributed by atoms with E-state index in [1.54, 1.807) is 13.8 Å². The summed E-state index contributed by atoms with van der Waals surface area (Å²) in [6.45, 7) is 3.24. The van der Waals surface area contributed by atoms with Gasteiger partial charge < -0.3 is 10.1 Å². The van der Waals surface area contributed by atoms with Gasteiger partial charge in [0.1, 0.15) is 5.75 Å². The van der Waals surface area contributed by atoms with E-state index in [9.17, 15) is 21.6 Å². The minimum absolute atomic E-state index is 0.0427. The number of hydrogen-bond donors (Lipinski definition) is 1. The maximum Gasteiger partial charge on any atom is 0.573 e. The molecule has 1 aromatic rings. The highest BCUT2D eigenvalue weighted by atomic mass is 79.9. The maximum atomic E-state index is 12.1. The molecule has 0 heterocycles. The van der Waals surface area contributed by atoms with Crippen molar-refractivity contribution in [3.63, 3.8) is 0 Å². The Kier molecular flexibility index (Phi) is 5.92. The van der Waals surface area contributed by atoms with Crippen molar-refractivity contribution in [2.24, 2.45) is 0 Å². The molecular formula is C12H15BrF3NO3S. The van der Waals surface area contributed by atoms with Gasteiger partial charge in [0, 0.05) is 17.5 Å². The highest BCUT2D eigenvalue weighted by Gasteiger charge is 2.32. The largest absolute Gasteiger partial charge is 0.573 e. The molecule has 1 unspecified atom stereocenters. The molecule has 0 saturated heterocycles. The van der Waals surface area contributed by atoms with Crippen LogP contribution in [0.5, 0.6) is 5.75 Å². The lowest BCUT2D eigenvalue weighted by molar-refractivity contribution is -0.274. The summed E-state index contributed by atoms with van der Waals surface area (Å²) in [6.07, 6.45) is -4.76. The maximum absolute atomic E-state index is 12.1. The summed E-state index contributed by atoms with van der Waals surface area (Å²) in [5, 5.41) is 2.92. The van der Waals surface area contributed by atoms with Crippen molar-refractivity contribution in [3.8, 4) is 5.75 Å². The van der Waals surface area contributed by atoms with Gasteiger partial charge in [-0.25, -0.2) is 8.42 Å². The molecule has 1 aromatic carbocycles. The lowest BCUT2D eigenvalue weighted by atomic mass is 10.2. The first kappa shape index (κ1) is 18.1. The summed E-state index contributed by atoms with van der Waals surface area (Å²) in [4.78, 5) is 0. The Morgan fingerprint density at radius 2 is 2.00 bits per heavy atom. The van der Waals surface area contributed by atoms with Gasteiger partial charge in [-0.15, -0.1) is 13.2 Å². The first-order valence-corrected chi connectivity index (χ1v) is 8.66. The topological polar surface area (TPSA) is 55.4 Å². The van der Waals surface area contributed by atoms with Crippen LogP contribution in [0, 0.1) is 0 Å². The van der Waals surface area contributed by atoms with E-state index in [-0.39, 0.29) is 27.8 Å². The fourth-order valence-electron chi connectivity index (χ4n) is 1.62. The van der Waals surface area contributed by atoms with E-state index in [1.807, 2.05) is 0 Å². The average Bonchev–Trinajstić information content (AvgIpc) is 2.30. The molecule has 0 aliphatic carbocycles. The molecule has 21 heavy (non-hydrogen) atoms. The molecule has 1 atom stereocenters. The van der Waals surface area contributed by atoms with Crippen LogP contribution in [-0.4, -0.2) is 32.3 Å². The van der Waals surface area contributed by atoms with E-state index in [0.29, 0.717) is 5.69 Å². The van der Waals surface area contributed by atoms with Gasteiger partial charge in [-0.05, 0) is 41.1 Å². The summed E-state index contributed by atoms with van der Waals surface area (Å²) in [5.74, 6) is -0.370. The van der Waals surface area contributed by atoms with Gasteiger partial charge in [0.05, 0.1) is 10.2 Å². The highest BCUT2D eigenvalue weighted by molar-refractivity contribution is 9.10. The van der Waals surface area contributed by atoms with Crippen molar-refractivity contribution in [1.29, 1.82) is 0 Å². The molecule has 0 aliphatic rings. The third-order valence-corrected chi connectivity index (χ3v) is 5.02. The summed E-state index contributed by atoms with van der Waals surface area (Å²) < 4.78 is 63.3. The SMILES string of the molecule is CCS(=O)(=O)CC(C)Nc1ccc(OC(F)(F)F)c(Br)c1. The van der Waals surface area contributed by atoms with Crippen LogP contribution in [0.15, 0.2) is 22.7 Å². The molecule has 0 radical (unpaired) electrons. The van der Waals surface area contributed by atoms with Gasteiger partial charge in [-0.2, -0.15) is 0 Å². The third-order valence-electron chi connectivity index (χ3n) is 2.51. The van der Waals surface area contributed by atoms with Gasteiger partial charge in [0.15, 0.2) is 9.84 Å². The minimum atomic E-state index is -4.76. The van der Waals surface area contributed by atoms with Crippen molar-refractivity contribution < 1.29 is 26.3 Å². The summed E-state index contributed by atoms with van der Waals surface area (Å²) in [7, 11) is -3.13. The van der Waals surface area contributed by atoms with Crippen LogP contribution in [0.3, 0.4) is 0 Å². The second-order valence-corrected chi connectivity index (χ2v) is 7.69. The van der Waals surface area contributed by atoms with Crippen molar-refractivity contribution in [2.75, 3.05) is 16.8 Å². The van der Waals surface area contributed by atoms with Gasteiger partial charge in [-0.1, -0.05) is 6.92 Å². The predicted molar refractivity (Wildman–Crippen MR) is 78.2 cm³/mol. The molecule has 9 heteroatoms. The van der Waals surface area contributed by atoms with Gasteiger partial charge in [0.25, 0.3) is 0 Å². The van der Waals surface area contributed by atoms with Crippen LogP contribution in [0.2, 0.25) is 0 Å². The van der Waals surface area contributed by atoms with Crippen LogP contribution in [0.4, 0.5) is 18.9 Å². The molecular weight excluding hydrogens is 375 g/mol. The van der Waals surface area contributed by atoms with Crippen molar-refractivity contribution >= 4 is 31.5 Å². The number of rotatable bonds is 6. The number of nitrogens with one attached hydrogen (secondary N) is 1. The Hall–Kier alpha value is -0.960. The molecule has 4 nitrogen and oxygen atoms in total. The molecule has 0 aromatic heterocycles. The number of alkyl halides is 3. The predicted octanol–water partition coefficient (Wildman–Crippen LogP) is 3.58. The second-order valence-electron chi connectivity index (χ2n) is 4.44. The van der Waals surface area contributed by atoms with Crippen LogP contribution in [-0.2, 0) is 9.84 Å². The Morgan fingerprint density at radius 1 is 1.38 bits per heavy atom.